The fraction of sp³-hybridized carbons (Fsp3) is 0.643. The van der Waals surface area contributed by atoms with Crippen LogP contribution in [0, 0.1) is 0 Å². The first-order valence-corrected chi connectivity index (χ1v) is 6.32. The quantitative estimate of drug-likeness (QED) is 0.498. The van der Waals surface area contributed by atoms with E-state index in [4.69, 9.17) is 4.74 Å². The maximum absolute atomic E-state index is 11.5. The fourth-order valence-corrected chi connectivity index (χ4v) is 1.74. The minimum Gasteiger partial charge on any atom is -0.462 e. The van der Waals surface area contributed by atoms with E-state index in [9.17, 15) is 4.79 Å². The molecular weight excluding hydrogens is 200 g/mol. The Kier molecular flexibility index (Phi) is 6.62. The molecule has 0 amide bonds. The van der Waals surface area contributed by atoms with E-state index in [2.05, 4.69) is 31.2 Å². The van der Waals surface area contributed by atoms with Crippen molar-refractivity contribution in [2.24, 2.45) is 0 Å². The zero-order chi connectivity index (χ0) is 11.6. The minimum absolute atomic E-state index is 0.0384. The van der Waals surface area contributed by atoms with Gasteiger partial charge in [-0.3, -0.25) is 4.79 Å². The normalized spacial score (nSPS) is 28.1. The molecule has 16 heavy (non-hydrogen) atoms. The lowest BCUT2D eigenvalue weighted by Gasteiger charge is -2.15. The van der Waals surface area contributed by atoms with Crippen LogP contribution in [0.5, 0.6) is 0 Å². The monoisotopic (exact) mass is 222 g/mol. The molecule has 2 nitrogen and oxygen atoms in total. The summed E-state index contributed by atoms with van der Waals surface area (Å²) < 4.78 is 5.42. The van der Waals surface area contributed by atoms with E-state index in [-0.39, 0.29) is 12.1 Å². The number of hydrogen-bond acceptors (Lipinski definition) is 2. The molecule has 1 atom stereocenters. The summed E-state index contributed by atoms with van der Waals surface area (Å²) in [6, 6.07) is 0. The Hall–Kier alpha value is -1.05. The van der Waals surface area contributed by atoms with Gasteiger partial charge in [0.1, 0.15) is 6.10 Å². The van der Waals surface area contributed by atoms with E-state index in [1.807, 2.05) is 0 Å². The second-order valence-corrected chi connectivity index (χ2v) is 4.17. The molecule has 1 unspecified atom stereocenters. The van der Waals surface area contributed by atoms with Crippen molar-refractivity contribution in [2.45, 2.75) is 58.0 Å². The average molecular weight is 222 g/mol. The lowest BCUT2D eigenvalue weighted by atomic mass is 10.1. The van der Waals surface area contributed by atoms with Gasteiger partial charge in [-0.15, -0.1) is 0 Å². The molecule has 0 fully saturated rings. The van der Waals surface area contributed by atoms with E-state index in [0.717, 1.165) is 38.5 Å². The Morgan fingerprint density at radius 2 is 2.00 bits per heavy atom. The summed E-state index contributed by atoms with van der Waals surface area (Å²) in [7, 11) is 0. The number of allylic oxidation sites excluding steroid dienone is 4. The molecule has 0 aromatic rings. The van der Waals surface area contributed by atoms with E-state index in [0.29, 0.717) is 6.42 Å². The Labute approximate surface area is 98.4 Å². The van der Waals surface area contributed by atoms with Crippen LogP contribution in [-0.2, 0) is 9.53 Å². The van der Waals surface area contributed by atoms with Crippen LogP contribution in [0.15, 0.2) is 24.3 Å². The SMILES string of the molecule is CCC1CC/C=C/C/C=C/CCCC(=O)O1. The van der Waals surface area contributed by atoms with Crippen molar-refractivity contribution in [3.63, 3.8) is 0 Å². The Morgan fingerprint density at radius 1 is 1.25 bits per heavy atom. The van der Waals surface area contributed by atoms with Crippen molar-refractivity contribution >= 4 is 5.97 Å². The highest BCUT2D eigenvalue weighted by Gasteiger charge is 2.11. The predicted octanol–water partition coefficient (Wildman–Crippen LogP) is 3.77. The van der Waals surface area contributed by atoms with Gasteiger partial charge in [0.05, 0.1) is 0 Å². The smallest absolute Gasteiger partial charge is 0.306 e. The second-order valence-electron chi connectivity index (χ2n) is 4.17. The van der Waals surface area contributed by atoms with Crippen LogP contribution < -0.4 is 0 Å². The third-order valence-corrected chi connectivity index (χ3v) is 2.77. The molecule has 0 bridgehead atoms. The molecule has 1 aliphatic rings. The van der Waals surface area contributed by atoms with Crippen LogP contribution in [0.1, 0.15) is 51.9 Å². The van der Waals surface area contributed by atoms with Gasteiger partial charge in [-0.05, 0) is 38.5 Å². The van der Waals surface area contributed by atoms with Crippen LogP contribution in [0.3, 0.4) is 0 Å². The summed E-state index contributed by atoms with van der Waals surface area (Å²) in [5, 5.41) is 0. The largest absolute Gasteiger partial charge is 0.462 e. The molecule has 0 radical (unpaired) electrons. The van der Waals surface area contributed by atoms with Gasteiger partial charge in [0.2, 0.25) is 0 Å². The summed E-state index contributed by atoms with van der Waals surface area (Å²) in [5.74, 6) is -0.0384. The molecule has 0 spiro atoms. The average Bonchev–Trinajstić information content (AvgIpc) is 2.30. The first-order chi connectivity index (χ1) is 7.83. The summed E-state index contributed by atoms with van der Waals surface area (Å²) in [6.45, 7) is 2.07. The maximum atomic E-state index is 11.5. The summed E-state index contributed by atoms with van der Waals surface area (Å²) in [5.41, 5.74) is 0. The highest BCUT2D eigenvalue weighted by molar-refractivity contribution is 5.69. The van der Waals surface area contributed by atoms with Gasteiger partial charge in [0, 0.05) is 6.42 Å². The van der Waals surface area contributed by atoms with Crippen molar-refractivity contribution in [1.82, 2.24) is 0 Å². The lowest BCUT2D eigenvalue weighted by molar-refractivity contribution is -0.149. The highest BCUT2D eigenvalue weighted by atomic mass is 16.5. The Bertz CT molecular complexity index is 253. The number of carbonyl (C=O) groups excluding carboxylic acids is 1. The standard InChI is InChI=1S/C14H22O2/c1-2-13-11-9-7-5-3-4-6-8-10-12-14(15)16-13/h4-7,13H,2-3,8-12H2,1H3/b6-4+,7-5+. The molecular formula is C14H22O2. The van der Waals surface area contributed by atoms with Crippen LogP contribution >= 0.6 is 0 Å². The maximum Gasteiger partial charge on any atom is 0.306 e. The zero-order valence-electron chi connectivity index (χ0n) is 10.2. The second kappa shape index (κ2) is 8.14. The number of hydrogen-bond donors (Lipinski definition) is 0. The fourth-order valence-electron chi connectivity index (χ4n) is 1.74. The van der Waals surface area contributed by atoms with E-state index in [1.165, 1.54) is 0 Å². The molecule has 90 valence electrons. The van der Waals surface area contributed by atoms with Crippen LogP contribution in [0.25, 0.3) is 0 Å². The van der Waals surface area contributed by atoms with E-state index < -0.39 is 0 Å². The van der Waals surface area contributed by atoms with Gasteiger partial charge >= 0.3 is 5.97 Å². The van der Waals surface area contributed by atoms with Gasteiger partial charge < -0.3 is 4.74 Å². The predicted molar refractivity (Wildman–Crippen MR) is 66.2 cm³/mol. The molecule has 1 rings (SSSR count). The van der Waals surface area contributed by atoms with E-state index in [1.54, 1.807) is 0 Å². The minimum atomic E-state index is -0.0384. The molecule has 0 saturated heterocycles. The molecule has 1 heterocycles. The first-order valence-electron chi connectivity index (χ1n) is 6.32. The first kappa shape index (κ1) is 13.0. The molecule has 0 aliphatic carbocycles. The lowest BCUT2D eigenvalue weighted by Crippen LogP contribution is -2.17. The van der Waals surface area contributed by atoms with Crippen molar-refractivity contribution in [3.05, 3.63) is 24.3 Å². The molecule has 0 aromatic carbocycles. The summed E-state index contributed by atoms with van der Waals surface area (Å²) >= 11 is 0. The topological polar surface area (TPSA) is 26.3 Å². The molecule has 1 aliphatic heterocycles. The number of rotatable bonds is 1. The third kappa shape index (κ3) is 5.74. The van der Waals surface area contributed by atoms with Crippen molar-refractivity contribution in [2.75, 3.05) is 0 Å². The number of cyclic esters (lactones) is 1. The number of ether oxygens (including phenoxy) is 1. The molecule has 0 saturated carbocycles. The van der Waals surface area contributed by atoms with Crippen molar-refractivity contribution in [3.8, 4) is 0 Å². The van der Waals surface area contributed by atoms with Crippen molar-refractivity contribution in [1.29, 1.82) is 0 Å². The van der Waals surface area contributed by atoms with Gasteiger partial charge in [-0.25, -0.2) is 0 Å². The summed E-state index contributed by atoms with van der Waals surface area (Å²) in [4.78, 5) is 11.5. The van der Waals surface area contributed by atoms with Gasteiger partial charge in [-0.1, -0.05) is 31.2 Å². The van der Waals surface area contributed by atoms with Crippen LogP contribution in [-0.4, -0.2) is 12.1 Å². The third-order valence-electron chi connectivity index (χ3n) is 2.77. The van der Waals surface area contributed by atoms with Gasteiger partial charge in [0.15, 0.2) is 0 Å². The van der Waals surface area contributed by atoms with E-state index >= 15 is 0 Å². The number of carbonyl (C=O) groups is 1. The summed E-state index contributed by atoms with van der Waals surface area (Å²) in [6.07, 6.45) is 15.1. The zero-order valence-corrected chi connectivity index (χ0v) is 10.2. The molecule has 0 N–H and O–H groups in total. The van der Waals surface area contributed by atoms with Gasteiger partial charge in [-0.2, -0.15) is 0 Å². The van der Waals surface area contributed by atoms with Gasteiger partial charge in [0.25, 0.3) is 0 Å². The van der Waals surface area contributed by atoms with Crippen LogP contribution in [0.4, 0.5) is 0 Å². The Balaban J connectivity index is 2.46. The molecule has 2 heteroatoms. The van der Waals surface area contributed by atoms with Crippen LogP contribution in [0.2, 0.25) is 0 Å². The van der Waals surface area contributed by atoms with Crippen molar-refractivity contribution < 1.29 is 9.53 Å². The molecule has 0 aromatic heterocycles. The Morgan fingerprint density at radius 3 is 2.75 bits per heavy atom. The number of esters is 1. The highest BCUT2D eigenvalue weighted by Crippen LogP contribution is 2.11.